The van der Waals surface area contributed by atoms with E-state index in [0.29, 0.717) is 38.3 Å². The van der Waals surface area contributed by atoms with Crippen LogP contribution in [0.1, 0.15) is 18.4 Å². The van der Waals surface area contributed by atoms with Gasteiger partial charge in [-0.2, -0.15) is 0 Å². The Kier molecular flexibility index (Phi) is 5.39. The average Bonchev–Trinajstić information content (AvgIpc) is 2.49. The summed E-state index contributed by atoms with van der Waals surface area (Å²) >= 11 is 0. The summed E-state index contributed by atoms with van der Waals surface area (Å²) in [6.07, 6.45) is 1.18. The number of hydrogen-bond acceptors (Lipinski definition) is 5. The van der Waals surface area contributed by atoms with Crippen molar-refractivity contribution in [1.29, 1.82) is 0 Å². The second-order valence-corrected chi connectivity index (χ2v) is 7.28. The Labute approximate surface area is 120 Å². The zero-order valence-electron chi connectivity index (χ0n) is 11.5. The third-order valence-electron chi connectivity index (χ3n) is 3.47. The molecule has 6 heteroatoms. The Morgan fingerprint density at radius 2 is 1.85 bits per heavy atom. The lowest BCUT2D eigenvalue weighted by Crippen LogP contribution is -2.32. The normalized spacial score (nSPS) is 17.1. The summed E-state index contributed by atoms with van der Waals surface area (Å²) in [6, 6.07) is 7.37. The minimum absolute atomic E-state index is 0.0519. The molecule has 0 amide bonds. The van der Waals surface area contributed by atoms with Gasteiger partial charge in [0.1, 0.15) is 12.4 Å². The highest BCUT2D eigenvalue weighted by Crippen LogP contribution is 2.17. The smallest absolute Gasteiger partial charge is 0.156 e. The molecule has 1 aromatic carbocycles. The number of benzene rings is 1. The van der Waals surface area contributed by atoms with E-state index in [1.807, 2.05) is 24.3 Å². The van der Waals surface area contributed by atoms with E-state index in [-0.39, 0.29) is 17.6 Å². The molecule has 0 saturated carbocycles. The predicted octanol–water partition coefficient (Wildman–Crippen LogP) is 1.12. The molecule has 1 heterocycles. The van der Waals surface area contributed by atoms with Gasteiger partial charge in [-0.15, -0.1) is 0 Å². The quantitative estimate of drug-likeness (QED) is 0.851. The molecule has 2 rings (SSSR count). The highest BCUT2D eigenvalue weighted by molar-refractivity contribution is 7.92. The lowest BCUT2D eigenvalue weighted by atomic mass is 10.2. The van der Waals surface area contributed by atoms with Crippen LogP contribution in [0.3, 0.4) is 0 Å². The van der Waals surface area contributed by atoms with Gasteiger partial charge >= 0.3 is 0 Å². The van der Waals surface area contributed by atoms with Crippen molar-refractivity contribution < 1.29 is 17.9 Å². The molecule has 1 aromatic rings. The zero-order valence-corrected chi connectivity index (χ0v) is 12.3. The maximum atomic E-state index is 12.1. The van der Waals surface area contributed by atoms with Crippen LogP contribution in [0.5, 0.6) is 5.75 Å². The van der Waals surface area contributed by atoms with Gasteiger partial charge in [-0.05, 0) is 30.5 Å². The van der Waals surface area contributed by atoms with Gasteiger partial charge in [0.15, 0.2) is 9.84 Å². The van der Waals surface area contributed by atoms with E-state index in [0.717, 1.165) is 5.56 Å². The van der Waals surface area contributed by atoms with Crippen molar-refractivity contribution in [3.8, 4) is 5.75 Å². The Morgan fingerprint density at radius 3 is 2.45 bits per heavy atom. The molecule has 0 unspecified atom stereocenters. The topological polar surface area (TPSA) is 78.6 Å². The van der Waals surface area contributed by atoms with E-state index in [9.17, 15) is 8.42 Å². The van der Waals surface area contributed by atoms with Crippen LogP contribution >= 0.6 is 0 Å². The van der Waals surface area contributed by atoms with Gasteiger partial charge in [-0.25, -0.2) is 8.42 Å². The van der Waals surface area contributed by atoms with Gasteiger partial charge in [0.25, 0.3) is 0 Å². The Morgan fingerprint density at radius 1 is 1.20 bits per heavy atom. The maximum absolute atomic E-state index is 12.1. The summed E-state index contributed by atoms with van der Waals surface area (Å²) in [6.45, 7) is 1.73. The molecule has 0 aromatic heterocycles. The van der Waals surface area contributed by atoms with Crippen molar-refractivity contribution in [2.24, 2.45) is 5.73 Å². The maximum Gasteiger partial charge on any atom is 0.156 e. The van der Waals surface area contributed by atoms with E-state index in [2.05, 4.69) is 0 Å². The van der Waals surface area contributed by atoms with Crippen LogP contribution in [0.25, 0.3) is 0 Å². The summed E-state index contributed by atoms with van der Waals surface area (Å²) in [5, 5.41) is -0.278. The van der Waals surface area contributed by atoms with Crippen molar-refractivity contribution >= 4 is 9.84 Å². The largest absolute Gasteiger partial charge is 0.493 e. The van der Waals surface area contributed by atoms with Crippen molar-refractivity contribution in [3.05, 3.63) is 29.8 Å². The van der Waals surface area contributed by atoms with E-state index < -0.39 is 9.84 Å². The number of hydrogen-bond donors (Lipinski definition) is 1. The molecule has 5 nitrogen and oxygen atoms in total. The van der Waals surface area contributed by atoms with Crippen LogP contribution < -0.4 is 10.5 Å². The summed E-state index contributed by atoms with van der Waals surface area (Å²) in [5.74, 6) is 0.723. The lowest BCUT2D eigenvalue weighted by molar-refractivity contribution is 0.0983. The minimum Gasteiger partial charge on any atom is -0.493 e. The van der Waals surface area contributed by atoms with E-state index in [4.69, 9.17) is 15.2 Å². The average molecular weight is 299 g/mol. The first-order chi connectivity index (χ1) is 9.62. The number of rotatable bonds is 6. The standard InChI is InChI=1S/C14H21NO4S/c15-11-12-1-3-13(4-2-12)19-9-10-20(16,17)14-5-7-18-8-6-14/h1-4,14H,5-11,15H2. The molecule has 1 aliphatic heterocycles. The molecule has 0 radical (unpaired) electrons. The molecule has 0 spiro atoms. The van der Waals surface area contributed by atoms with Crippen LogP contribution in [0.15, 0.2) is 24.3 Å². The van der Waals surface area contributed by atoms with Crippen molar-refractivity contribution in [1.82, 2.24) is 0 Å². The summed E-state index contributed by atoms with van der Waals surface area (Å²) in [5.41, 5.74) is 6.53. The highest BCUT2D eigenvalue weighted by atomic mass is 32.2. The minimum atomic E-state index is -3.09. The Bertz CT molecular complexity index is 506. The molecule has 1 saturated heterocycles. The molecule has 2 N–H and O–H groups in total. The molecule has 1 fully saturated rings. The van der Waals surface area contributed by atoms with Gasteiger partial charge in [-0.3, -0.25) is 0 Å². The monoisotopic (exact) mass is 299 g/mol. The van der Waals surface area contributed by atoms with Crippen LogP contribution in [-0.4, -0.2) is 39.2 Å². The van der Waals surface area contributed by atoms with Crippen LogP contribution in [0.4, 0.5) is 0 Å². The summed E-state index contributed by atoms with van der Waals surface area (Å²) in [7, 11) is -3.09. The van der Waals surface area contributed by atoms with Gasteiger partial charge < -0.3 is 15.2 Å². The molecule has 112 valence electrons. The van der Waals surface area contributed by atoms with Crippen LogP contribution in [0, 0.1) is 0 Å². The Balaban J connectivity index is 1.81. The first-order valence-electron chi connectivity index (χ1n) is 6.83. The first-order valence-corrected chi connectivity index (χ1v) is 8.54. The SMILES string of the molecule is NCc1ccc(OCCS(=O)(=O)C2CCOCC2)cc1. The molecule has 20 heavy (non-hydrogen) atoms. The molecule has 0 bridgehead atoms. The van der Waals surface area contributed by atoms with Gasteiger partial charge in [0, 0.05) is 19.8 Å². The summed E-state index contributed by atoms with van der Waals surface area (Å²) < 4.78 is 34.9. The Hall–Kier alpha value is -1.11. The first kappa shape index (κ1) is 15.3. The van der Waals surface area contributed by atoms with Crippen molar-refractivity contribution in [3.63, 3.8) is 0 Å². The second kappa shape index (κ2) is 7.06. The van der Waals surface area contributed by atoms with Crippen molar-refractivity contribution in [2.75, 3.05) is 25.6 Å². The highest BCUT2D eigenvalue weighted by Gasteiger charge is 2.27. The fourth-order valence-corrected chi connectivity index (χ4v) is 3.76. The third-order valence-corrected chi connectivity index (χ3v) is 5.69. The van der Waals surface area contributed by atoms with Gasteiger partial charge in [0.2, 0.25) is 0 Å². The van der Waals surface area contributed by atoms with E-state index in [1.165, 1.54) is 0 Å². The van der Waals surface area contributed by atoms with Crippen LogP contribution in [0.2, 0.25) is 0 Å². The fraction of sp³-hybridized carbons (Fsp3) is 0.571. The number of nitrogens with two attached hydrogens (primary N) is 1. The molecule has 0 aliphatic carbocycles. The van der Waals surface area contributed by atoms with Gasteiger partial charge in [0.05, 0.1) is 11.0 Å². The van der Waals surface area contributed by atoms with E-state index >= 15 is 0 Å². The molecule has 0 atom stereocenters. The summed E-state index contributed by atoms with van der Waals surface area (Å²) in [4.78, 5) is 0. The van der Waals surface area contributed by atoms with Crippen molar-refractivity contribution in [2.45, 2.75) is 24.6 Å². The number of ether oxygens (including phenoxy) is 2. The fourth-order valence-electron chi connectivity index (χ4n) is 2.20. The number of sulfone groups is 1. The second-order valence-electron chi connectivity index (χ2n) is 4.88. The molecular formula is C14H21NO4S. The lowest BCUT2D eigenvalue weighted by Gasteiger charge is -2.22. The van der Waals surface area contributed by atoms with Gasteiger partial charge in [-0.1, -0.05) is 12.1 Å². The zero-order chi connectivity index (χ0) is 14.4. The van der Waals surface area contributed by atoms with Crippen LogP contribution in [-0.2, 0) is 21.1 Å². The molecule has 1 aliphatic rings. The van der Waals surface area contributed by atoms with E-state index in [1.54, 1.807) is 0 Å². The predicted molar refractivity (Wildman–Crippen MR) is 77.5 cm³/mol. The third kappa shape index (κ3) is 4.19. The molecular weight excluding hydrogens is 278 g/mol.